The zero-order chi connectivity index (χ0) is 11.2. The monoisotopic (exact) mass is 216 g/mol. The van der Waals surface area contributed by atoms with Crippen LogP contribution in [0.2, 0.25) is 0 Å². The molecule has 0 saturated heterocycles. The highest BCUT2D eigenvalue weighted by Crippen LogP contribution is 1.68. The number of nitrogens with one attached hydrogen (secondary N) is 4. The van der Waals surface area contributed by atoms with Gasteiger partial charge in [0.2, 0.25) is 0 Å². The zero-order valence-corrected chi connectivity index (χ0v) is 10.4. The topological polar surface area (TPSA) is 48.1 Å². The van der Waals surface area contributed by atoms with Gasteiger partial charge in [-0.3, -0.25) is 0 Å². The van der Waals surface area contributed by atoms with Gasteiger partial charge in [0.15, 0.2) is 0 Å². The van der Waals surface area contributed by atoms with Gasteiger partial charge in [-0.15, -0.1) is 0 Å². The first-order valence-corrected chi connectivity index (χ1v) is 6.24. The van der Waals surface area contributed by atoms with E-state index in [2.05, 4.69) is 35.1 Å². The SMILES string of the molecule is CCCNCCNCCNCCNCC. The van der Waals surface area contributed by atoms with E-state index in [1.165, 1.54) is 6.42 Å². The lowest BCUT2D eigenvalue weighted by atomic mass is 10.4. The lowest BCUT2D eigenvalue weighted by Crippen LogP contribution is -2.35. The van der Waals surface area contributed by atoms with E-state index in [0.29, 0.717) is 0 Å². The summed E-state index contributed by atoms with van der Waals surface area (Å²) in [5.41, 5.74) is 0. The predicted molar refractivity (Wildman–Crippen MR) is 67.4 cm³/mol. The number of likely N-dealkylation sites (N-methyl/N-ethyl adjacent to an activating group) is 1. The van der Waals surface area contributed by atoms with Crippen molar-refractivity contribution < 1.29 is 0 Å². The van der Waals surface area contributed by atoms with E-state index in [0.717, 1.165) is 52.4 Å². The molecular weight excluding hydrogens is 188 g/mol. The Morgan fingerprint density at radius 3 is 1.33 bits per heavy atom. The maximum Gasteiger partial charge on any atom is 0.00772 e. The average Bonchev–Trinajstić information content (AvgIpc) is 2.26. The normalized spacial score (nSPS) is 10.8. The lowest BCUT2D eigenvalue weighted by molar-refractivity contribution is 0.569. The third-order valence-electron chi connectivity index (χ3n) is 2.11. The van der Waals surface area contributed by atoms with Crippen LogP contribution in [0.15, 0.2) is 0 Å². The third-order valence-corrected chi connectivity index (χ3v) is 2.11. The number of rotatable bonds is 12. The van der Waals surface area contributed by atoms with Crippen molar-refractivity contribution in [2.24, 2.45) is 0 Å². The summed E-state index contributed by atoms with van der Waals surface area (Å²) in [5, 5.41) is 13.4. The van der Waals surface area contributed by atoms with Crippen molar-refractivity contribution in [3.05, 3.63) is 0 Å². The highest BCUT2D eigenvalue weighted by molar-refractivity contribution is 4.55. The van der Waals surface area contributed by atoms with Crippen LogP contribution in [0.4, 0.5) is 0 Å². The van der Waals surface area contributed by atoms with Gasteiger partial charge in [-0.2, -0.15) is 0 Å². The summed E-state index contributed by atoms with van der Waals surface area (Å²) in [6.45, 7) is 12.9. The second-order valence-electron chi connectivity index (χ2n) is 3.60. The molecule has 0 atom stereocenters. The lowest BCUT2D eigenvalue weighted by Gasteiger charge is -2.07. The molecule has 4 N–H and O–H groups in total. The van der Waals surface area contributed by atoms with E-state index < -0.39 is 0 Å². The molecule has 0 rings (SSSR count). The molecule has 0 aliphatic heterocycles. The molecule has 0 saturated carbocycles. The smallest absolute Gasteiger partial charge is 0.00772 e. The Morgan fingerprint density at radius 1 is 0.533 bits per heavy atom. The fraction of sp³-hybridized carbons (Fsp3) is 1.00. The first-order chi connectivity index (χ1) is 7.41. The van der Waals surface area contributed by atoms with Crippen LogP contribution in [-0.2, 0) is 0 Å². The zero-order valence-electron chi connectivity index (χ0n) is 10.4. The second-order valence-corrected chi connectivity index (χ2v) is 3.60. The molecule has 0 spiro atoms. The van der Waals surface area contributed by atoms with E-state index >= 15 is 0 Å². The highest BCUT2D eigenvalue weighted by Gasteiger charge is 1.88. The Morgan fingerprint density at radius 2 is 0.933 bits per heavy atom. The van der Waals surface area contributed by atoms with Gasteiger partial charge in [0.25, 0.3) is 0 Å². The molecule has 0 heterocycles. The standard InChI is InChI=1S/C11H28N4/c1-3-5-13-8-9-15-11-10-14-7-6-12-4-2/h12-15H,3-11H2,1-2H3. The molecule has 0 aromatic carbocycles. The molecule has 0 amide bonds. The first kappa shape index (κ1) is 14.8. The molecule has 0 aliphatic carbocycles. The second kappa shape index (κ2) is 13.8. The summed E-state index contributed by atoms with van der Waals surface area (Å²) < 4.78 is 0. The van der Waals surface area contributed by atoms with Crippen molar-refractivity contribution >= 4 is 0 Å². The summed E-state index contributed by atoms with van der Waals surface area (Å²) in [4.78, 5) is 0. The third kappa shape index (κ3) is 13.8. The fourth-order valence-corrected chi connectivity index (χ4v) is 1.26. The molecular formula is C11H28N4. The molecule has 0 aliphatic rings. The van der Waals surface area contributed by atoms with E-state index in [-0.39, 0.29) is 0 Å². The Hall–Kier alpha value is -0.160. The van der Waals surface area contributed by atoms with Gasteiger partial charge < -0.3 is 21.3 Å². The minimum absolute atomic E-state index is 1.05. The molecule has 0 fully saturated rings. The van der Waals surface area contributed by atoms with Gasteiger partial charge >= 0.3 is 0 Å². The van der Waals surface area contributed by atoms with Crippen LogP contribution in [0.25, 0.3) is 0 Å². The van der Waals surface area contributed by atoms with Crippen molar-refractivity contribution in [3.63, 3.8) is 0 Å². The molecule has 4 heteroatoms. The molecule has 0 aromatic heterocycles. The minimum Gasteiger partial charge on any atom is -0.316 e. The molecule has 0 aromatic rings. The largest absolute Gasteiger partial charge is 0.316 e. The van der Waals surface area contributed by atoms with Gasteiger partial charge in [-0.25, -0.2) is 0 Å². The van der Waals surface area contributed by atoms with Gasteiger partial charge in [0.1, 0.15) is 0 Å². The van der Waals surface area contributed by atoms with E-state index in [9.17, 15) is 0 Å². The Labute approximate surface area is 94.6 Å². The maximum absolute atomic E-state index is 3.39. The van der Waals surface area contributed by atoms with Crippen LogP contribution >= 0.6 is 0 Å². The van der Waals surface area contributed by atoms with Crippen molar-refractivity contribution in [1.29, 1.82) is 0 Å². The molecule has 0 bridgehead atoms. The molecule has 0 unspecified atom stereocenters. The molecule has 0 radical (unpaired) electrons. The van der Waals surface area contributed by atoms with E-state index in [4.69, 9.17) is 0 Å². The van der Waals surface area contributed by atoms with Gasteiger partial charge in [0, 0.05) is 39.3 Å². The number of hydrogen-bond acceptors (Lipinski definition) is 4. The van der Waals surface area contributed by atoms with E-state index in [1.54, 1.807) is 0 Å². The summed E-state index contributed by atoms with van der Waals surface area (Å²) in [5.74, 6) is 0. The van der Waals surface area contributed by atoms with Crippen molar-refractivity contribution in [2.75, 3.05) is 52.4 Å². The predicted octanol–water partition coefficient (Wildman–Crippen LogP) is -0.225. The first-order valence-electron chi connectivity index (χ1n) is 6.24. The minimum atomic E-state index is 1.05. The number of hydrogen-bond donors (Lipinski definition) is 4. The van der Waals surface area contributed by atoms with Crippen LogP contribution < -0.4 is 21.3 Å². The van der Waals surface area contributed by atoms with Crippen molar-refractivity contribution in [3.8, 4) is 0 Å². The Kier molecular flexibility index (Phi) is 13.7. The fourth-order valence-electron chi connectivity index (χ4n) is 1.26. The van der Waals surface area contributed by atoms with Crippen LogP contribution in [0.3, 0.4) is 0 Å². The molecule has 15 heavy (non-hydrogen) atoms. The Bertz CT molecular complexity index is 96.8. The highest BCUT2D eigenvalue weighted by atomic mass is 15.0. The van der Waals surface area contributed by atoms with Crippen molar-refractivity contribution in [2.45, 2.75) is 20.3 Å². The van der Waals surface area contributed by atoms with Gasteiger partial charge in [0.05, 0.1) is 0 Å². The van der Waals surface area contributed by atoms with Crippen LogP contribution in [0.1, 0.15) is 20.3 Å². The van der Waals surface area contributed by atoms with E-state index in [1.807, 2.05) is 0 Å². The average molecular weight is 216 g/mol. The molecule has 92 valence electrons. The van der Waals surface area contributed by atoms with Gasteiger partial charge in [-0.05, 0) is 19.5 Å². The summed E-state index contributed by atoms with van der Waals surface area (Å²) in [7, 11) is 0. The summed E-state index contributed by atoms with van der Waals surface area (Å²) in [6.07, 6.45) is 1.21. The Balaban J connectivity index is 2.81. The van der Waals surface area contributed by atoms with Crippen LogP contribution in [0.5, 0.6) is 0 Å². The summed E-state index contributed by atoms with van der Waals surface area (Å²) in [6, 6.07) is 0. The summed E-state index contributed by atoms with van der Waals surface area (Å²) >= 11 is 0. The van der Waals surface area contributed by atoms with Crippen LogP contribution in [0, 0.1) is 0 Å². The molecule has 4 nitrogen and oxygen atoms in total. The quantitative estimate of drug-likeness (QED) is 0.341. The van der Waals surface area contributed by atoms with Gasteiger partial charge in [-0.1, -0.05) is 13.8 Å². The van der Waals surface area contributed by atoms with Crippen LogP contribution in [-0.4, -0.2) is 52.4 Å². The van der Waals surface area contributed by atoms with Crippen molar-refractivity contribution in [1.82, 2.24) is 21.3 Å². The maximum atomic E-state index is 3.39.